The molecule has 1 N–H and O–H groups in total. The highest BCUT2D eigenvalue weighted by molar-refractivity contribution is 6.31. The Morgan fingerprint density at radius 3 is 2.41 bits per heavy atom. The smallest absolute Gasteiger partial charge is 0.161 e. The molecule has 0 aliphatic carbocycles. The van der Waals surface area contributed by atoms with Crippen molar-refractivity contribution in [3.05, 3.63) is 58.1 Å². The summed E-state index contributed by atoms with van der Waals surface area (Å²) in [7, 11) is 5.57. The van der Waals surface area contributed by atoms with E-state index < -0.39 is 0 Å². The molecule has 0 bridgehead atoms. The molecule has 0 radical (unpaired) electrons. The number of quaternary nitrogens is 1. The van der Waals surface area contributed by atoms with E-state index in [1.807, 2.05) is 18.2 Å². The number of nitrogens with one attached hydrogen (secondary N) is 1. The summed E-state index contributed by atoms with van der Waals surface area (Å²) in [5, 5.41) is 0.814. The van der Waals surface area contributed by atoms with Gasteiger partial charge in [0.25, 0.3) is 0 Å². The predicted molar refractivity (Wildman–Crippen MR) is 88.3 cm³/mol. The zero-order valence-corrected chi connectivity index (χ0v) is 13.9. The van der Waals surface area contributed by atoms with Crippen LogP contribution in [0.25, 0.3) is 0 Å². The van der Waals surface area contributed by atoms with Crippen molar-refractivity contribution < 1.29 is 14.4 Å². The van der Waals surface area contributed by atoms with Gasteiger partial charge in [-0.1, -0.05) is 29.8 Å². The van der Waals surface area contributed by atoms with E-state index in [0.29, 0.717) is 0 Å². The standard InChI is InChI=1S/C18H20ClNO2/c1-20-9-8-12-10-16(21-2)17(22-3)11-14(12)18(20)13-6-4-5-7-15(13)19/h4-7,10-11,18H,8-9H2,1-3H3/p+1/t18-/m1/s1. The summed E-state index contributed by atoms with van der Waals surface area (Å²) in [5.41, 5.74) is 3.75. The summed E-state index contributed by atoms with van der Waals surface area (Å²) >= 11 is 6.45. The van der Waals surface area contributed by atoms with Crippen LogP contribution in [0.1, 0.15) is 22.7 Å². The molecule has 0 fully saturated rings. The maximum atomic E-state index is 6.45. The van der Waals surface area contributed by atoms with E-state index in [2.05, 4.69) is 25.2 Å². The maximum Gasteiger partial charge on any atom is 0.161 e. The average Bonchev–Trinajstić information content (AvgIpc) is 2.54. The molecule has 22 heavy (non-hydrogen) atoms. The van der Waals surface area contributed by atoms with Crippen LogP contribution < -0.4 is 14.4 Å². The lowest BCUT2D eigenvalue weighted by molar-refractivity contribution is -0.908. The summed E-state index contributed by atoms with van der Waals surface area (Å²) in [5.74, 6) is 1.56. The first-order valence-electron chi connectivity index (χ1n) is 7.47. The van der Waals surface area contributed by atoms with Gasteiger partial charge in [0.05, 0.1) is 32.8 Å². The lowest BCUT2D eigenvalue weighted by Gasteiger charge is -2.33. The van der Waals surface area contributed by atoms with Gasteiger partial charge in [-0.15, -0.1) is 0 Å². The van der Waals surface area contributed by atoms with Gasteiger partial charge in [0.15, 0.2) is 11.5 Å². The van der Waals surface area contributed by atoms with Gasteiger partial charge in [0.1, 0.15) is 6.04 Å². The number of hydrogen-bond donors (Lipinski definition) is 1. The number of methoxy groups -OCH3 is 2. The Bertz CT molecular complexity index is 687. The molecule has 0 saturated heterocycles. The molecule has 1 heterocycles. The van der Waals surface area contributed by atoms with Gasteiger partial charge in [-0.05, 0) is 23.8 Å². The largest absolute Gasteiger partial charge is 0.493 e. The molecule has 1 unspecified atom stereocenters. The van der Waals surface area contributed by atoms with Crippen molar-refractivity contribution in [3.63, 3.8) is 0 Å². The first-order chi connectivity index (χ1) is 10.7. The SMILES string of the molecule is COc1cc2c(cc1OC)[C@@H](c1ccccc1Cl)[NH+](C)CC2. The molecule has 4 heteroatoms. The number of rotatable bonds is 3. The van der Waals surface area contributed by atoms with Crippen molar-refractivity contribution in [2.24, 2.45) is 0 Å². The zero-order valence-electron chi connectivity index (χ0n) is 13.2. The normalized spacial score (nSPS) is 20.4. The average molecular weight is 319 g/mol. The van der Waals surface area contributed by atoms with Crippen LogP contribution in [-0.2, 0) is 6.42 Å². The second-order valence-corrected chi connectivity index (χ2v) is 6.11. The van der Waals surface area contributed by atoms with Crippen LogP contribution in [-0.4, -0.2) is 27.8 Å². The third-order valence-electron chi connectivity index (χ3n) is 4.45. The Hall–Kier alpha value is -1.71. The minimum Gasteiger partial charge on any atom is -0.493 e. The molecule has 0 amide bonds. The molecule has 1 aliphatic rings. The quantitative estimate of drug-likeness (QED) is 0.940. The van der Waals surface area contributed by atoms with Crippen LogP contribution in [0.4, 0.5) is 0 Å². The van der Waals surface area contributed by atoms with Gasteiger partial charge in [-0.2, -0.15) is 0 Å². The van der Waals surface area contributed by atoms with E-state index in [1.54, 1.807) is 14.2 Å². The van der Waals surface area contributed by atoms with Gasteiger partial charge >= 0.3 is 0 Å². The van der Waals surface area contributed by atoms with Crippen LogP contribution in [0.3, 0.4) is 0 Å². The van der Waals surface area contributed by atoms with Crippen LogP contribution in [0.15, 0.2) is 36.4 Å². The molecule has 0 spiro atoms. The minimum atomic E-state index is 0.220. The lowest BCUT2D eigenvalue weighted by Crippen LogP contribution is -3.10. The number of benzene rings is 2. The van der Waals surface area contributed by atoms with E-state index in [0.717, 1.165) is 35.1 Å². The molecule has 3 nitrogen and oxygen atoms in total. The predicted octanol–water partition coefficient (Wildman–Crippen LogP) is 2.52. The Morgan fingerprint density at radius 2 is 1.73 bits per heavy atom. The zero-order chi connectivity index (χ0) is 15.7. The number of ether oxygens (including phenoxy) is 2. The molecule has 116 valence electrons. The van der Waals surface area contributed by atoms with Crippen LogP contribution in [0, 0.1) is 0 Å². The topological polar surface area (TPSA) is 22.9 Å². The molecule has 0 saturated carbocycles. The Kier molecular flexibility index (Phi) is 4.27. The molecular weight excluding hydrogens is 298 g/mol. The van der Waals surface area contributed by atoms with Gasteiger partial charge in [-0.25, -0.2) is 0 Å². The van der Waals surface area contributed by atoms with Crippen molar-refractivity contribution in [2.75, 3.05) is 27.8 Å². The Morgan fingerprint density at radius 1 is 1.05 bits per heavy atom. The van der Waals surface area contributed by atoms with E-state index >= 15 is 0 Å². The summed E-state index contributed by atoms with van der Waals surface area (Å²) in [4.78, 5) is 1.44. The summed E-state index contributed by atoms with van der Waals surface area (Å²) in [6.45, 7) is 1.07. The van der Waals surface area contributed by atoms with Gasteiger partial charge in [0, 0.05) is 17.5 Å². The van der Waals surface area contributed by atoms with Gasteiger partial charge in [0.2, 0.25) is 0 Å². The second-order valence-electron chi connectivity index (χ2n) is 5.71. The monoisotopic (exact) mass is 318 g/mol. The molecule has 3 rings (SSSR count). The lowest BCUT2D eigenvalue weighted by atomic mass is 9.88. The van der Waals surface area contributed by atoms with Crippen LogP contribution >= 0.6 is 11.6 Å². The Balaban J connectivity index is 2.16. The first-order valence-corrected chi connectivity index (χ1v) is 7.85. The third kappa shape index (κ3) is 2.55. The third-order valence-corrected chi connectivity index (χ3v) is 4.80. The molecule has 0 aromatic heterocycles. The van der Waals surface area contributed by atoms with Crippen molar-refractivity contribution in [3.8, 4) is 11.5 Å². The fraction of sp³-hybridized carbons (Fsp3) is 0.333. The fourth-order valence-corrected chi connectivity index (χ4v) is 3.55. The first kappa shape index (κ1) is 15.2. The summed E-state index contributed by atoms with van der Waals surface area (Å²) < 4.78 is 10.9. The minimum absolute atomic E-state index is 0.220. The number of hydrogen-bond acceptors (Lipinski definition) is 2. The second kappa shape index (κ2) is 6.19. The van der Waals surface area contributed by atoms with Crippen molar-refractivity contribution >= 4 is 11.6 Å². The molecule has 2 atom stereocenters. The molecule has 2 aromatic rings. The van der Waals surface area contributed by atoms with Crippen LogP contribution in [0.5, 0.6) is 11.5 Å². The van der Waals surface area contributed by atoms with Crippen molar-refractivity contribution in [1.82, 2.24) is 0 Å². The number of fused-ring (bicyclic) bond motifs is 1. The Labute approximate surface area is 136 Å². The fourth-order valence-electron chi connectivity index (χ4n) is 3.31. The molecule has 1 aliphatic heterocycles. The highest BCUT2D eigenvalue weighted by Gasteiger charge is 2.32. The van der Waals surface area contributed by atoms with E-state index in [4.69, 9.17) is 21.1 Å². The van der Waals surface area contributed by atoms with Gasteiger partial charge in [-0.3, -0.25) is 0 Å². The van der Waals surface area contributed by atoms with E-state index in [-0.39, 0.29) is 6.04 Å². The van der Waals surface area contributed by atoms with Crippen molar-refractivity contribution in [1.29, 1.82) is 0 Å². The summed E-state index contributed by atoms with van der Waals surface area (Å²) in [6.07, 6.45) is 1.03. The van der Waals surface area contributed by atoms with Crippen molar-refractivity contribution in [2.45, 2.75) is 12.5 Å². The number of halogens is 1. The van der Waals surface area contributed by atoms with E-state index in [9.17, 15) is 0 Å². The molecule has 2 aromatic carbocycles. The number of likely N-dealkylation sites (N-methyl/N-ethyl adjacent to an activating group) is 1. The van der Waals surface area contributed by atoms with Gasteiger partial charge < -0.3 is 14.4 Å². The molecular formula is C18H21ClNO2+. The van der Waals surface area contributed by atoms with E-state index in [1.165, 1.54) is 16.0 Å². The summed E-state index contributed by atoms with van der Waals surface area (Å²) in [6, 6.07) is 12.5. The van der Waals surface area contributed by atoms with Crippen LogP contribution in [0.2, 0.25) is 5.02 Å². The highest BCUT2D eigenvalue weighted by atomic mass is 35.5. The maximum absolute atomic E-state index is 6.45. The highest BCUT2D eigenvalue weighted by Crippen LogP contribution is 2.37.